The molecular weight excluding hydrogens is 997 g/mol. The molecule has 6 heteroatoms. The lowest BCUT2D eigenvalue weighted by Crippen LogP contribution is -2.30. The van der Waals surface area contributed by atoms with Crippen LogP contribution in [-0.4, -0.2) is 37.2 Å². The molecule has 0 aliphatic carbocycles. The van der Waals surface area contributed by atoms with E-state index >= 15 is 0 Å². The van der Waals surface area contributed by atoms with Gasteiger partial charge in [-0.05, 0) is 161 Å². The number of carbonyl (C=O) groups is 3. The summed E-state index contributed by atoms with van der Waals surface area (Å²) in [5.41, 5.74) is 0. The molecule has 0 radical (unpaired) electrons. The van der Waals surface area contributed by atoms with Gasteiger partial charge in [-0.2, -0.15) is 0 Å². The first-order valence-corrected chi connectivity index (χ1v) is 31.9. The fourth-order valence-electron chi connectivity index (χ4n) is 7.91. The van der Waals surface area contributed by atoms with Crippen molar-refractivity contribution in [2.24, 2.45) is 0 Å². The van der Waals surface area contributed by atoms with Gasteiger partial charge in [0.1, 0.15) is 13.2 Å². The monoisotopic (exact) mass is 1110 g/mol. The van der Waals surface area contributed by atoms with Crippen molar-refractivity contribution in [1.82, 2.24) is 0 Å². The molecule has 6 nitrogen and oxygen atoms in total. The third-order valence-corrected chi connectivity index (χ3v) is 12.6. The van der Waals surface area contributed by atoms with Crippen molar-refractivity contribution in [3.05, 3.63) is 194 Å². The summed E-state index contributed by atoms with van der Waals surface area (Å²) in [5, 5.41) is 0. The number of ether oxygens (including phenoxy) is 3. The van der Waals surface area contributed by atoms with E-state index < -0.39 is 6.10 Å². The molecule has 0 aromatic rings. The summed E-state index contributed by atoms with van der Waals surface area (Å²) in [6.45, 7) is 6.21. The summed E-state index contributed by atoms with van der Waals surface area (Å²) in [7, 11) is 0. The predicted octanol–water partition coefficient (Wildman–Crippen LogP) is 22.2. The van der Waals surface area contributed by atoms with Gasteiger partial charge in [-0.1, -0.05) is 254 Å². The molecule has 0 heterocycles. The molecule has 0 spiro atoms. The molecule has 0 aliphatic heterocycles. The smallest absolute Gasteiger partial charge is 0.306 e. The second kappa shape index (κ2) is 66.8. The first-order chi connectivity index (χ1) is 40.0. The number of hydrogen-bond acceptors (Lipinski definition) is 6. The zero-order chi connectivity index (χ0) is 58.5. The second-order valence-corrected chi connectivity index (χ2v) is 20.2. The molecule has 0 amide bonds. The van der Waals surface area contributed by atoms with Gasteiger partial charge in [0.05, 0.1) is 0 Å². The zero-order valence-electron chi connectivity index (χ0n) is 51.5. The van der Waals surface area contributed by atoms with Gasteiger partial charge in [0.15, 0.2) is 6.10 Å². The number of rotatable bonds is 55. The summed E-state index contributed by atoms with van der Waals surface area (Å²) in [4.78, 5) is 38.3. The number of carbonyl (C=O) groups excluding carboxylic acids is 3. The van der Waals surface area contributed by atoms with E-state index in [1.165, 1.54) is 19.3 Å². The molecule has 0 aromatic heterocycles. The number of esters is 3. The highest BCUT2D eigenvalue weighted by molar-refractivity contribution is 5.71. The maximum atomic E-state index is 12.9. The molecule has 81 heavy (non-hydrogen) atoms. The van der Waals surface area contributed by atoms with Crippen molar-refractivity contribution in [3.8, 4) is 0 Å². The standard InChI is InChI=1S/C75H114O6/c1-4-7-10-13-16-19-22-25-27-29-31-33-34-35-36-37-38-39-40-42-43-45-47-50-53-56-59-62-65-68-74(77)80-71-72(70-79-73(76)67-64-61-58-55-52-49-24-21-18-15-12-9-6-3)81-75(78)69-66-63-60-57-54-51-48-46-44-41-32-30-28-26-23-20-17-14-11-8-5-2/h7-12,16-21,25-28,31-33,35-36,38-39,41-43,46,48-49,52,54,57,72H,4-6,13-15,22-24,29-30,34,37,40,44-45,47,50-51,53,55-56,58-71H2,1-3H3/b10-7-,11-8-,12-9-,19-16-,20-17-,21-18-,27-25-,28-26-,33-31-,36-35-,39-38-,41-32-,43-42-,48-46-,52-49-,57-54-. The molecule has 0 rings (SSSR count). The topological polar surface area (TPSA) is 78.9 Å². The van der Waals surface area contributed by atoms with E-state index in [2.05, 4.69) is 215 Å². The lowest BCUT2D eigenvalue weighted by Gasteiger charge is -2.18. The van der Waals surface area contributed by atoms with Crippen LogP contribution in [0.5, 0.6) is 0 Å². The van der Waals surface area contributed by atoms with Crippen LogP contribution in [0, 0.1) is 0 Å². The summed E-state index contributed by atoms with van der Waals surface area (Å²) >= 11 is 0. The molecule has 0 aliphatic rings. The Morgan fingerprint density at radius 3 is 0.728 bits per heavy atom. The fourth-order valence-corrected chi connectivity index (χ4v) is 7.91. The van der Waals surface area contributed by atoms with Gasteiger partial charge in [0.25, 0.3) is 0 Å². The van der Waals surface area contributed by atoms with Gasteiger partial charge in [0, 0.05) is 19.3 Å². The van der Waals surface area contributed by atoms with Crippen LogP contribution in [0.15, 0.2) is 194 Å². The van der Waals surface area contributed by atoms with Crippen LogP contribution < -0.4 is 0 Å². The third-order valence-electron chi connectivity index (χ3n) is 12.6. The minimum Gasteiger partial charge on any atom is -0.462 e. The van der Waals surface area contributed by atoms with Crippen molar-refractivity contribution < 1.29 is 28.6 Å². The van der Waals surface area contributed by atoms with E-state index in [4.69, 9.17) is 14.2 Å². The van der Waals surface area contributed by atoms with Crippen molar-refractivity contribution in [1.29, 1.82) is 0 Å². The molecule has 0 saturated heterocycles. The maximum Gasteiger partial charge on any atom is 0.306 e. The molecule has 0 saturated carbocycles. The molecule has 0 N–H and O–H groups in total. The SMILES string of the molecule is CC/C=C\C/C=C\C/C=C\C/C=C\C/C=C\C/C=C\C/C=C\CCCCCCCCCC(=O)OCC(COC(=O)CCCCC/C=C\C/C=C\C/C=C\CC)OC(=O)CCCC/C=C\C/C=C\C/C=C\C/C=C\C/C=C\C/C=C\CC. The second-order valence-electron chi connectivity index (χ2n) is 20.2. The van der Waals surface area contributed by atoms with E-state index in [1.54, 1.807) is 0 Å². The first-order valence-electron chi connectivity index (χ1n) is 31.9. The van der Waals surface area contributed by atoms with Gasteiger partial charge in [-0.15, -0.1) is 0 Å². The first kappa shape index (κ1) is 75.2. The minimum absolute atomic E-state index is 0.122. The van der Waals surface area contributed by atoms with Crippen LogP contribution >= 0.6 is 0 Å². The van der Waals surface area contributed by atoms with Crippen LogP contribution in [0.4, 0.5) is 0 Å². The molecule has 0 aromatic carbocycles. The fraction of sp³-hybridized carbons (Fsp3) is 0.533. The summed E-state index contributed by atoms with van der Waals surface area (Å²) in [5.74, 6) is -1.02. The maximum absolute atomic E-state index is 12.9. The van der Waals surface area contributed by atoms with E-state index in [0.29, 0.717) is 19.3 Å². The highest BCUT2D eigenvalue weighted by Gasteiger charge is 2.19. The van der Waals surface area contributed by atoms with E-state index in [1.807, 2.05) is 0 Å². The average Bonchev–Trinajstić information content (AvgIpc) is 3.46. The van der Waals surface area contributed by atoms with Gasteiger partial charge in [-0.3, -0.25) is 14.4 Å². The lowest BCUT2D eigenvalue weighted by atomic mass is 10.1. The van der Waals surface area contributed by atoms with Crippen molar-refractivity contribution in [2.45, 2.75) is 245 Å². The Balaban J connectivity index is 4.47. The normalized spacial score (nSPS) is 13.5. The third kappa shape index (κ3) is 64.9. The van der Waals surface area contributed by atoms with Crippen LogP contribution in [0.1, 0.15) is 239 Å². The molecule has 1 atom stereocenters. The van der Waals surface area contributed by atoms with Gasteiger partial charge < -0.3 is 14.2 Å². The van der Waals surface area contributed by atoms with Crippen LogP contribution in [0.25, 0.3) is 0 Å². The van der Waals surface area contributed by atoms with Crippen LogP contribution in [-0.2, 0) is 28.6 Å². The largest absolute Gasteiger partial charge is 0.462 e. The summed E-state index contributed by atoms with van der Waals surface area (Å²) in [6, 6.07) is 0. The van der Waals surface area contributed by atoms with E-state index in [-0.39, 0.29) is 37.5 Å². The van der Waals surface area contributed by atoms with E-state index in [0.717, 1.165) is 173 Å². The Morgan fingerprint density at radius 2 is 0.444 bits per heavy atom. The Morgan fingerprint density at radius 1 is 0.247 bits per heavy atom. The van der Waals surface area contributed by atoms with Crippen molar-refractivity contribution in [2.75, 3.05) is 13.2 Å². The Hall–Kier alpha value is -5.75. The number of unbranched alkanes of at least 4 members (excludes halogenated alkanes) is 12. The molecular formula is C75H114O6. The highest BCUT2D eigenvalue weighted by Crippen LogP contribution is 2.13. The lowest BCUT2D eigenvalue weighted by molar-refractivity contribution is -0.167. The van der Waals surface area contributed by atoms with E-state index in [9.17, 15) is 14.4 Å². The Labute approximate surface area is 497 Å². The van der Waals surface area contributed by atoms with Gasteiger partial charge in [-0.25, -0.2) is 0 Å². The van der Waals surface area contributed by atoms with Crippen molar-refractivity contribution in [3.63, 3.8) is 0 Å². The zero-order valence-corrected chi connectivity index (χ0v) is 51.5. The summed E-state index contributed by atoms with van der Waals surface area (Å²) in [6.07, 6.45) is 102. The van der Waals surface area contributed by atoms with Gasteiger partial charge >= 0.3 is 17.9 Å². The number of hydrogen-bond donors (Lipinski definition) is 0. The highest BCUT2D eigenvalue weighted by atomic mass is 16.6. The Kier molecular flexibility index (Phi) is 62.0. The molecule has 450 valence electrons. The predicted molar refractivity (Wildman–Crippen MR) is 352 cm³/mol. The van der Waals surface area contributed by atoms with Gasteiger partial charge in [0.2, 0.25) is 0 Å². The molecule has 1 unspecified atom stereocenters. The quantitative estimate of drug-likeness (QED) is 0.0261. The van der Waals surface area contributed by atoms with Crippen LogP contribution in [0.3, 0.4) is 0 Å². The summed E-state index contributed by atoms with van der Waals surface area (Å²) < 4.78 is 16.8. The Bertz CT molecular complexity index is 1950. The molecule has 0 bridgehead atoms. The average molecular weight is 1110 g/mol. The van der Waals surface area contributed by atoms with Crippen molar-refractivity contribution >= 4 is 17.9 Å². The number of allylic oxidation sites excluding steroid dienone is 32. The van der Waals surface area contributed by atoms with Crippen LogP contribution in [0.2, 0.25) is 0 Å². The molecule has 0 fully saturated rings. The minimum atomic E-state index is -0.831.